The first-order chi connectivity index (χ1) is 6.42. The van der Waals surface area contributed by atoms with E-state index in [0.717, 1.165) is 0 Å². The Bertz CT molecular complexity index is 327. The summed E-state index contributed by atoms with van der Waals surface area (Å²) in [6.07, 6.45) is 0. The lowest BCUT2D eigenvalue weighted by molar-refractivity contribution is -0.0328. The predicted octanol–water partition coefficient (Wildman–Crippen LogP) is 4.07. The molecule has 1 nitrogen and oxygen atoms in total. The van der Waals surface area contributed by atoms with Gasteiger partial charge in [0.05, 0.1) is 11.6 Å². The minimum Gasteiger partial charge on any atom is -0.496 e. The number of ether oxygens (including phenoxy) is 1. The second kappa shape index (κ2) is 4.44. The zero-order chi connectivity index (χ0) is 10.8. The molecular formula is C8H6BrF3OS. The van der Waals surface area contributed by atoms with E-state index in [2.05, 4.69) is 15.9 Å². The van der Waals surface area contributed by atoms with Crippen molar-refractivity contribution in [3.8, 4) is 5.75 Å². The minimum atomic E-state index is -4.27. The lowest BCUT2D eigenvalue weighted by Crippen LogP contribution is -1.99. The topological polar surface area (TPSA) is 9.23 Å². The van der Waals surface area contributed by atoms with Crippen LogP contribution < -0.4 is 4.74 Å². The van der Waals surface area contributed by atoms with E-state index in [1.54, 1.807) is 0 Å². The summed E-state index contributed by atoms with van der Waals surface area (Å²) in [5.41, 5.74) is -4.27. The van der Waals surface area contributed by atoms with Gasteiger partial charge in [0.1, 0.15) is 5.75 Å². The van der Waals surface area contributed by atoms with E-state index in [1.165, 1.54) is 25.3 Å². The van der Waals surface area contributed by atoms with E-state index in [4.69, 9.17) is 4.74 Å². The Morgan fingerprint density at radius 2 is 2.00 bits per heavy atom. The average molecular weight is 287 g/mol. The lowest BCUT2D eigenvalue weighted by Gasteiger charge is -2.08. The first kappa shape index (κ1) is 11.7. The molecule has 0 bridgehead atoms. The van der Waals surface area contributed by atoms with Crippen molar-refractivity contribution < 1.29 is 17.9 Å². The van der Waals surface area contributed by atoms with Crippen LogP contribution in [0, 0.1) is 0 Å². The van der Waals surface area contributed by atoms with Gasteiger partial charge in [-0.1, -0.05) is 0 Å². The van der Waals surface area contributed by atoms with Crippen molar-refractivity contribution in [3.63, 3.8) is 0 Å². The van der Waals surface area contributed by atoms with Crippen molar-refractivity contribution in [1.29, 1.82) is 0 Å². The molecule has 0 N–H and O–H groups in total. The lowest BCUT2D eigenvalue weighted by atomic mass is 10.3. The fraction of sp³-hybridized carbons (Fsp3) is 0.250. The van der Waals surface area contributed by atoms with Crippen LogP contribution in [-0.2, 0) is 0 Å². The molecule has 0 radical (unpaired) electrons. The van der Waals surface area contributed by atoms with Gasteiger partial charge in [-0.2, -0.15) is 13.2 Å². The molecule has 0 aromatic heterocycles. The van der Waals surface area contributed by atoms with E-state index < -0.39 is 5.51 Å². The molecule has 0 spiro atoms. The van der Waals surface area contributed by atoms with Gasteiger partial charge in [0.2, 0.25) is 0 Å². The number of halogens is 4. The van der Waals surface area contributed by atoms with Gasteiger partial charge < -0.3 is 4.74 Å². The van der Waals surface area contributed by atoms with Gasteiger partial charge >= 0.3 is 5.51 Å². The number of rotatable bonds is 2. The first-order valence-electron chi connectivity index (χ1n) is 3.51. The van der Waals surface area contributed by atoms with E-state index in [-0.39, 0.29) is 16.7 Å². The van der Waals surface area contributed by atoms with Crippen LogP contribution in [-0.4, -0.2) is 12.6 Å². The molecule has 0 fully saturated rings. The van der Waals surface area contributed by atoms with Gasteiger partial charge in [-0.3, -0.25) is 0 Å². The van der Waals surface area contributed by atoms with E-state index in [0.29, 0.717) is 10.2 Å². The third-order valence-corrected chi connectivity index (χ3v) is 2.73. The van der Waals surface area contributed by atoms with Crippen LogP contribution in [0.25, 0.3) is 0 Å². The Hall–Kier alpha value is -0.360. The van der Waals surface area contributed by atoms with Gasteiger partial charge in [-0.25, -0.2) is 0 Å². The number of methoxy groups -OCH3 is 1. The molecule has 14 heavy (non-hydrogen) atoms. The maximum Gasteiger partial charge on any atom is 0.446 e. The van der Waals surface area contributed by atoms with Crippen LogP contribution in [0.4, 0.5) is 13.2 Å². The average Bonchev–Trinajstić information content (AvgIpc) is 2.06. The van der Waals surface area contributed by atoms with E-state index in [1.807, 2.05) is 0 Å². The molecule has 0 saturated carbocycles. The zero-order valence-electron chi connectivity index (χ0n) is 7.06. The normalized spacial score (nSPS) is 11.5. The summed E-state index contributed by atoms with van der Waals surface area (Å²) in [5.74, 6) is 0.388. The summed E-state index contributed by atoms with van der Waals surface area (Å²) in [5, 5.41) is 0. The minimum absolute atomic E-state index is 0.109. The highest BCUT2D eigenvalue weighted by atomic mass is 79.9. The second-order valence-corrected chi connectivity index (χ2v) is 4.34. The van der Waals surface area contributed by atoms with Crippen LogP contribution in [0.3, 0.4) is 0 Å². The zero-order valence-corrected chi connectivity index (χ0v) is 9.46. The number of benzene rings is 1. The molecule has 0 unspecified atom stereocenters. The molecule has 0 heterocycles. The highest BCUT2D eigenvalue weighted by Crippen LogP contribution is 2.39. The predicted molar refractivity (Wildman–Crippen MR) is 52.6 cm³/mol. The summed E-state index contributed by atoms with van der Waals surface area (Å²) < 4.78 is 41.5. The molecule has 1 aromatic rings. The summed E-state index contributed by atoms with van der Waals surface area (Å²) in [7, 11) is 1.40. The molecule has 0 atom stereocenters. The molecular weight excluding hydrogens is 281 g/mol. The van der Waals surface area contributed by atoms with Gasteiger partial charge in [0.15, 0.2) is 0 Å². The summed E-state index contributed by atoms with van der Waals surface area (Å²) >= 11 is 2.99. The number of hydrogen-bond acceptors (Lipinski definition) is 2. The van der Waals surface area contributed by atoms with Crippen molar-refractivity contribution in [1.82, 2.24) is 0 Å². The molecule has 0 amide bonds. The number of alkyl halides is 3. The molecule has 1 aromatic carbocycles. The molecule has 78 valence electrons. The molecule has 0 aliphatic heterocycles. The maximum absolute atomic E-state index is 12.0. The quantitative estimate of drug-likeness (QED) is 0.758. The molecule has 0 saturated heterocycles. The van der Waals surface area contributed by atoms with Crippen LogP contribution in [0.5, 0.6) is 5.75 Å². The Balaban J connectivity index is 2.90. The second-order valence-electron chi connectivity index (χ2n) is 2.34. The standard InChI is InChI=1S/C8H6BrF3OS/c1-13-7-4-5(2-3-6(7)9)14-8(10,11)12/h2-4H,1H3. The summed E-state index contributed by atoms with van der Waals surface area (Å²) in [6.45, 7) is 0. The Morgan fingerprint density at radius 3 is 2.50 bits per heavy atom. The van der Waals surface area contributed by atoms with E-state index >= 15 is 0 Å². The molecule has 0 aliphatic carbocycles. The van der Waals surface area contributed by atoms with E-state index in [9.17, 15) is 13.2 Å². The monoisotopic (exact) mass is 286 g/mol. The van der Waals surface area contributed by atoms with Crippen molar-refractivity contribution in [2.45, 2.75) is 10.4 Å². The van der Waals surface area contributed by atoms with Crippen molar-refractivity contribution in [2.75, 3.05) is 7.11 Å². The fourth-order valence-electron chi connectivity index (χ4n) is 0.837. The highest BCUT2D eigenvalue weighted by Gasteiger charge is 2.29. The third kappa shape index (κ3) is 3.42. The molecule has 6 heteroatoms. The van der Waals surface area contributed by atoms with Crippen molar-refractivity contribution >= 4 is 27.7 Å². The molecule has 0 aliphatic rings. The summed E-state index contributed by atoms with van der Waals surface area (Å²) in [4.78, 5) is 0.109. The Labute approximate surface area is 91.8 Å². The van der Waals surface area contributed by atoms with Crippen LogP contribution >= 0.6 is 27.7 Å². The van der Waals surface area contributed by atoms with Crippen molar-refractivity contribution in [3.05, 3.63) is 22.7 Å². The maximum atomic E-state index is 12.0. The highest BCUT2D eigenvalue weighted by molar-refractivity contribution is 9.10. The Morgan fingerprint density at radius 1 is 1.36 bits per heavy atom. The summed E-state index contributed by atoms with van der Waals surface area (Å²) in [6, 6.07) is 4.24. The van der Waals surface area contributed by atoms with Gasteiger partial charge in [-0.15, -0.1) is 0 Å². The third-order valence-electron chi connectivity index (χ3n) is 1.36. The SMILES string of the molecule is COc1cc(SC(F)(F)F)ccc1Br. The van der Waals surface area contributed by atoms with Gasteiger partial charge in [0, 0.05) is 4.90 Å². The molecule has 1 rings (SSSR count). The number of hydrogen-bond donors (Lipinski definition) is 0. The largest absolute Gasteiger partial charge is 0.496 e. The van der Waals surface area contributed by atoms with Gasteiger partial charge in [0.25, 0.3) is 0 Å². The van der Waals surface area contributed by atoms with Crippen LogP contribution in [0.2, 0.25) is 0 Å². The van der Waals surface area contributed by atoms with Gasteiger partial charge in [-0.05, 0) is 45.9 Å². The van der Waals surface area contributed by atoms with Crippen LogP contribution in [0.15, 0.2) is 27.6 Å². The smallest absolute Gasteiger partial charge is 0.446 e. The van der Waals surface area contributed by atoms with Crippen LogP contribution in [0.1, 0.15) is 0 Å². The fourth-order valence-corrected chi connectivity index (χ4v) is 1.82. The first-order valence-corrected chi connectivity index (χ1v) is 5.12. The Kier molecular flexibility index (Phi) is 3.71. The number of thioether (sulfide) groups is 1. The van der Waals surface area contributed by atoms with Crippen molar-refractivity contribution in [2.24, 2.45) is 0 Å².